The van der Waals surface area contributed by atoms with Gasteiger partial charge in [-0.3, -0.25) is 10.1 Å². The molecule has 1 aromatic heterocycles. The molecule has 0 atom stereocenters. The third kappa shape index (κ3) is 1.08. The highest BCUT2D eigenvalue weighted by Gasteiger charge is 2.17. The van der Waals surface area contributed by atoms with Crippen LogP contribution < -0.4 is 0 Å². The Morgan fingerprint density at radius 2 is 2.07 bits per heavy atom. The maximum Gasteiger partial charge on any atom is 0.280 e. The molecule has 0 aliphatic carbocycles. The maximum absolute atomic E-state index is 10.7. The van der Waals surface area contributed by atoms with Gasteiger partial charge in [-0.2, -0.15) is 0 Å². The van der Waals surface area contributed by atoms with Crippen LogP contribution in [0.1, 0.15) is 11.3 Å². The summed E-state index contributed by atoms with van der Waals surface area (Å²) >= 11 is 0. The van der Waals surface area contributed by atoms with E-state index in [-0.39, 0.29) is 10.6 Å². The summed E-state index contributed by atoms with van der Waals surface area (Å²) in [6.07, 6.45) is 0. The normalized spacial score (nSPS) is 10.7. The van der Waals surface area contributed by atoms with Crippen molar-refractivity contribution in [2.24, 2.45) is 0 Å². The van der Waals surface area contributed by atoms with Gasteiger partial charge in [0.25, 0.3) is 5.69 Å². The molecule has 0 bridgehead atoms. The maximum atomic E-state index is 10.7. The van der Waals surface area contributed by atoms with Gasteiger partial charge in [-0.05, 0) is 19.9 Å². The van der Waals surface area contributed by atoms with E-state index in [1.807, 2.05) is 6.92 Å². The van der Waals surface area contributed by atoms with Crippen LogP contribution >= 0.6 is 0 Å². The summed E-state index contributed by atoms with van der Waals surface area (Å²) in [7, 11) is 0. The van der Waals surface area contributed by atoms with Crippen molar-refractivity contribution in [1.82, 2.24) is 0 Å². The van der Waals surface area contributed by atoms with Gasteiger partial charge in [-0.25, -0.2) is 0 Å². The third-order valence-corrected chi connectivity index (χ3v) is 2.37. The Labute approximate surface area is 80.3 Å². The first-order valence-corrected chi connectivity index (χ1v) is 4.24. The Morgan fingerprint density at radius 1 is 1.36 bits per heavy atom. The molecular formula is C10H9NO3. The minimum Gasteiger partial charge on any atom is -0.461 e. The molecule has 0 unspecified atom stereocenters. The molecule has 1 aromatic carbocycles. The monoisotopic (exact) mass is 191 g/mol. The van der Waals surface area contributed by atoms with E-state index in [2.05, 4.69) is 0 Å². The second-order valence-electron chi connectivity index (χ2n) is 3.19. The predicted molar refractivity (Wildman–Crippen MR) is 52.3 cm³/mol. The molecule has 72 valence electrons. The summed E-state index contributed by atoms with van der Waals surface area (Å²) in [6.45, 7) is 3.63. The highest BCUT2D eigenvalue weighted by Crippen LogP contribution is 2.32. The molecule has 0 fully saturated rings. The third-order valence-electron chi connectivity index (χ3n) is 2.37. The van der Waals surface area contributed by atoms with E-state index in [1.54, 1.807) is 19.1 Å². The number of fused-ring (bicyclic) bond motifs is 1. The van der Waals surface area contributed by atoms with Gasteiger partial charge < -0.3 is 4.42 Å². The van der Waals surface area contributed by atoms with Crippen molar-refractivity contribution >= 4 is 16.7 Å². The summed E-state index contributed by atoms with van der Waals surface area (Å²) in [5.74, 6) is 0.731. The Balaban J connectivity index is 2.91. The summed E-state index contributed by atoms with van der Waals surface area (Å²) in [5, 5.41) is 11.3. The number of rotatable bonds is 1. The zero-order valence-corrected chi connectivity index (χ0v) is 7.90. The van der Waals surface area contributed by atoms with Gasteiger partial charge in [-0.1, -0.05) is 6.07 Å². The minimum atomic E-state index is -0.385. The van der Waals surface area contributed by atoms with Crippen LogP contribution in [0.25, 0.3) is 11.0 Å². The average molecular weight is 191 g/mol. The van der Waals surface area contributed by atoms with Crippen molar-refractivity contribution < 1.29 is 9.34 Å². The van der Waals surface area contributed by atoms with Gasteiger partial charge in [0.15, 0.2) is 0 Å². The van der Waals surface area contributed by atoms with Gasteiger partial charge in [0.05, 0.1) is 4.92 Å². The first kappa shape index (κ1) is 8.74. The van der Waals surface area contributed by atoms with Gasteiger partial charge >= 0.3 is 0 Å². The van der Waals surface area contributed by atoms with E-state index in [0.717, 1.165) is 11.3 Å². The SMILES string of the molecule is Cc1oc2cccc([N+](=O)[O-])c2c1C. The fourth-order valence-corrected chi connectivity index (χ4v) is 1.55. The lowest BCUT2D eigenvalue weighted by Gasteiger charge is -1.92. The number of aryl methyl sites for hydroxylation is 2. The topological polar surface area (TPSA) is 56.3 Å². The zero-order valence-electron chi connectivity index (χ0n) is 7.90. The lowest BCUT2D eigenvalue weighted by molar-refractivity contribution is -0.383. The first-order chi connectivity index (χ1) is 6.61. The van der Waals surface area contributed by atoms with E-state index in [4.69, 9.17) is 4.42 Å². The predicted octanol–water partition coefficient (Wildman–Crippen LogP) is 2.96. The van der Waals surface area contributed by atoms with Crippen LogP contribution in [0.4, 0.5) is 5.69 Å². The van der Waals surface area contributed by atoms with Crippen molar-refractivity contribution in [3.63, 3.8) is 0 Å². The van der Waals surface area contributed by atoms with Crippen LogP contribution in [0.2, 0.25) is 0 Å². The molecule has 4 heteroatoms. The summed E-state index contributed by atoms with van der Waals surface area (Å²) in [6, 6.07) is 4.86. The first-order valence-electron chi connectivity index (χ1n) is 4.24. The van der Waals surface area contributed by atoms with Crippen molar-refractivity contribution in [2.45, 2.75) is 13.8 Å². The number of nitro groups is 1. The van der Waals surface area contributed by atoms with Gasteiger partial charge in [0.2, 0.25) is 0 Å². The second-order valence-corrected chi connectivity index (χ2v) is 3.19. The van der Waals surface area contributed by atoms with E-state index < -0.39 is 0 Å². The standard InChI is InChI=1S/C10H9NO3/c1-6-7(2)14-9-5-3-4-8(10(6)9)11(12)13/h3-5H,1-2H3. The molecule has 0 aliphatic heterocycles. The molecule has 2 rings (SSSR count). The molecule has 0 radical (unpaired) electrons. The average Bonchev–Trinajstić information content (AvgIpc) is 2.43. The molecule has 0 spiro atoms. The lowest BCUT2D eigenvalue weighted by Crippen LogP contribution is -1.88. The molecule has 0 saturated heterocycles. The largest absolute Gasteiger partial charge is 0.461 e. The van der Waals surface area contributed by atoms with E-state index >= 15 is 0 Å². The Hall–Kier alpha value is -1.84. The molecule has 0 amide bonds. The van der Waals surface area contributed by atoms with Crippen molar-refractivity contribution in [2.75, 3.05) is 0 Å². The van der Waals surface area contributed by atoms with Crippen LogP contribution in [-0.4, -0.2) is 4.92 Å². The number of hydrogen-bond donors (Lipinski definition) is 0. The fourth-order valence-electron chi connectivity index (χ4n) is 1.55. The van der Waals surface area contributed by atoms with Crippen molar-refractivity contribution in [3.8, 4) is 0 Å². The van der Waals surface area contributed by atoms with Crippen LogP contribution in [-0.2, 0) is 0 Å². The second kappa shape index (κ2) is 2.83. The highest BCUT2D eigenvalue weighted by atomic mass is 16.6. The van der Waals surface area contributed by atoms with E-state index in [0.29, 0.717) is 11.0 Å². The number of furan rings is 1. The van der Waals surface area contributed by atoms with Gasteiger partial charge in [-0.15, -0.1) is 0 Å². The van der Waals surface area contributed by atoms with Crippen LogP contribution in [0, 0.1) is 24.0 Å². The number of nitro benzene ring substituents is 1. The van der Waals surface area contributed by atoms with E-state index in [1.165, 1.54) is 6.07 Å². The molecule has 0 saturated carbocycles. The lowest BCUT2D eigenvalue weighted by atomic mass is 10.1. The van der Waals surface area contributed by atoms with E-state index in [9.17, 15) is 10.1 Å². The number of nitrogens with zero attached hydrogens (tertiary/aromatic N) is 1. The van der Waals surface area contributed by atoms with Crippen LogP contribution in [0.3, 0.4) is 0 Å². The number of non-ortho nitro benzene ring substituents is 1. The number of hydrogen-bond acceptors (Lipinski definition) is 3. The van der Waals surface area contributed by atoms with Crippen molar-refractivity contribution in [3.05, 3.63) is 39.6 Å². The zero-order chi connectivity index (χ0) is 10.3. The molecule has 0 aliphatic rings. The Kier molecular flexibility index (Phi) is 1.77. The summed E-state index contributed by atoms with van der Waals surface area (Å²) in [5.41, 5.74) is 1.53. The smallest absolute Gasteiger partial charge is 0.280 e. The Bertz CT molecular complexity index is 513. The van der Waals surface area contributed by atoms with Gasteiger partial charge in [0, 0.05) is 11.6 Å². The molecule has 2 aromatic rings. The van der Waals surface area contributed by atoms with Gasteiger partial charge in [0.1, 0.15) is 16.7 Å². The minimum absolute atomic E-state index is 0.108. The summed E-state index contributed by atoms with van der Waals surface area (Å²) < 4.78 is 5.39. The highest BCUT2D eigenvalue weighted by molar-refractivity contribution is 5.90. The molecule has 4 nitrogen and oxygen atoms in total. The van der Waals surface area contributed by atoms with Crippen LogP contribution in [0.15, 0.2) is 22.6 Å². The number of benzene rings is 1. The van der Waals surface area contributed by atoms with Crippen LogP contribution in [0.5, 0.6) is 0 Å². The fraction of sp³-hybridized carbons (Fsp3) is 0.200. The molecule has 0 N–H and O–H groups in total. The Morgan fingerprint density at radius 3 is 2.71 bits per heavy atom. The molecule has 14 heavy (non-hydrogen) atoms. The quantitative estimate of drug-likeness (QED) is 0.514. The van der Waals surface area contributed by atoms with Crippen molar-refractivity contribution in [1.29, 1.82) is 0 Å². The summed E-state index contributed by atoms with van der Waals surface area (Å²) in [4.78, 5) is 10.4. The molecular weight excluding hydrogens is 182 g/mol. The molecule has 1 heterocycles.